The van der Waals surface area contributed by atoms with Crippen LogP contribution in [0.3, 0.4) is 0 Å². The Labute approximate surface area is 117 Å². The summed E-state index contributed by atoms with van der Waals surface area (Å²) in [7, 11) is 0. The number of phenolic OH excluding ortho intramolecular Hbond substituents is 1. The molecule has 0 aliphatic heterocycles. The molecule has 15 heteroatoms. The molecule has 116 valence electrons. The minimum absolute atomic E-state index is 0.174. The average Bonchev–Trinajstić information content (AvgIpc) is 2.93. The van der Waals surface area contributed by atoms with Crippen LogP contribution in [0.2, 0.25) is 0 Å². The summed E-state index contributed by atoms with van der Waals surface area (Å²) < 4.78 is 8.35. The maximum atomic E-state index is 11.3. The Morgan fingerprint density at radius 3 is 2.14 bits per heavy atom. The second-order valence-electron chi connectivity index (χ2n) is 3.66. The number of phenols is 1. The summed E-state index contributed by atoms with van der Waals surface area (Å²) in [6.07, 6.45) is 0. The number of aromatic hydroxyl groups is 1. The SMILES string of the molecule is N=C(N)N.O=[N+]([O-])c1c(O)c2c(no[n+]2[O-])c2c1no[n+]2[O-]. The number of hydrogen-bond acceptors (Lipinski definition) is 10. The molecule has 3 rings (SSSR count). The molecule has 1 aromatic carbocycles. The lowest BCUT2D eigenvalue weighted by molar-refractivity contribution is -0.782. The Morgan fingerprint density at radius 2 is 1.64 bits per heavy atom. The van der Waals surface area contributed by atoms with Gasteiger partial charge in [0.05, 0.1) is 15.2 Å². The molecule has 0 aliphatic rings. The highest BCUT2D eigenvalue weighted by molar-refractivity contribution is 6.05. The number of guanidine groups is 1. The highest BCUT2D eigenvalue weighted by atomic mass is 16.8. The molecule has 0 fully saturated rings. The van der Waals surface area contributed by atoms with Gasteiger partial charge in [0.15, 0.2) is 5.96 Å². The Bertz CT molecular complexity index is 893. The van der Waals surface area contributed by atoms with Crippen LogP contribution in [-0.4, -0.2) is 26.3 Å². The van der Waals surface area contributed by atoms with Gasteiger partial charge in [-0.05, 0) is 9.81 Å². The van der Waals surface area contributed by atoms with Crippen LogP contribution in [0.15, 0.2) is 9.26 Å². The van der Waals surface area contributed by atoms with E-state index in [0.717, 1.165) is 0 Å². The molecule has 0 spiro atoms. The van der Waals surface area contributed by atoms with Crippen molar-refractivity contribution in [1.82, 2.24) is 10.3 Å². The van der Waals surface area contributed by atoms with Gasteiger partial charge in [0, 0.05) is 0 Å². The molecule has 0 saturated heterocycles. The van der Waals surface area contributed by atoms with Gasteiger partial charge in [0.1, 0.15) is 0 Å². The summed E-state index contributed by atoms with van der Waals surface area (Å²) in [6, 6.07) is 0. The second kappa shape index (κ2) is 4.89. The van der Waals surface area contributed by atoms with E-state index in [0.29, 0.717) is 0 Å². The van der Waals surface area contributed by atoms with Crippen LogP contribution in [0.5, 0.6) is 5.75 Å². The van der Waals surface area contributed by atoms with Crippen LogP contribution in [0.25, 0.3) is 22.1 Å². The number of nitrogens with two attached hydrogens (primary N) is 2. The van der Waals surface area contributed by atoms with E-state index in [1.54, 1.807) is 0 Å². The molecule has 0 saturated carbocycles. The zero-order valence-electron chi connectivity index (χ0n) is 10.3. The van der Waals surface area contributed by atoms with Crippen LogP contribution in [-0.2, 0) is 0 Å². The number of nitrogens with zero attached hydrogens (tertiary/aromatic N) is 5. The van der Waals surface area contributed by atoms with Crippen molar-refractivity contribution in [2.24, 2.45) is 11.5 Å². The lowest BCUT2D eigenvalue weighted by Crippen LogP contribution is -2.25. The number of nitro benzene ring substituents is 1. The van der Waals surface area contributed by atoms with Crippen LogP contribution in [0.4, 0.5) is 5.69 Å². The number of benzene rings is 1. The molecule has 2 aromatic heterocycles. The van der Waals surface area contributed by atoms with Crippen LogP contribution in [0.1, 0.15) is 0 Å². The van der Waals surface area contributed by atoms with Crippen molar-refractivity contribution in [2.45, 2.75) is 0 Å². The first-order valence-corrected chi connectivity index (χ1v) is 5.13. The van der Waals surface area contributed by atoms with E-state index in [4.69, 9.17) is 5.41 Å². The van der Waals surface area contributed by atoms with Gasteiger partial charge in [-0.25, -0.2) is 0 Å². The van der Waals surface area contributed by atoms with E-state index in [9.17, 15) is 25.6 Å². The summed E-state index contributed by atoms with van der Waals surface area (Å²) in [4.78, 5) is 9.37. The number of rotatable bonds is 1. The molecule has 22 heavy (non-hydrogen) atoms. The third kappa shape index (κ3) is 2.07. The first-order valence-electron chi connectivity index (χ1n) is 5.13. The van der Waals surface area contributed by atoms with Crippen LogP contribution >= 0.6 is 0 Å². The molecule has 0 bridgehead atoms. The summed E-state index contributed by atoms with van der Waals surface area (Å²) in [5.74, 6) is -1.34. The van der Waals surface area contributed by atoms with Crippen molar-refractivity contribution in [3.8, 4) is 5.75 Å². The van der Waals surface area contributed by atoms with Crippen LogP contribution in [0, 0.1) is 25.9 Å². The summed E-state index contributed by atoms with van der Waals surface area (Å²) in [5, 5.41) is 55.3. The standard InChI is InChI=1S/C6HN5O7.CH5N3/c12-6-4(9(13)14)1-3(10(15)17-7-1)2-5(6)11(16)18-8-2;2-1(3)4/h12H;(H5,2,3,4). The molecule has 15 nitrogen and oxygen atoms in total. The smallest absolute Gasteiger partial charge is 0.373 e. The van der Waals surface area contributed by atoms with Gasteiger partial charge in [-0.2, -0.15) is 0 Å². The van der Waals surface area contributed by atoms with Gasteiger partial charge in [0.2, 0.25) is 0 Å². The molecule has 0 unspecified atom stereocenters. The molecule has 0 radical (unpaired) electrons. The van der Waals surface area contributed by atoms with Crippen molar-refractivity contribution in [3.05, 3.63) is 20.5 Å². The fourth-order valence-corrected chi connectivity index (χ4v) is 1.60. The van der Waals surface area contributed by atoms with Crippen molar-refractivity contribution >= 4 is 33.7 Å². The van der Waals surface area contributed by atoms with Crippen molar-refractivity contribution < 1.29 is 29.1 Å². The minimum atomic E-state index is -1.01. The van der Waals surface area contributed by atoms with E-state index < -0.39 is 32.9 Å². The normalized spacial score (nSPS) is 10.4. The Balaban J connectivity index is 0.000000396. The molecule has 6 N–H and O–H groups in total. The van der Waals surface area contributed by atoms with Gasteiger partial charge < -0.3 is 27.0 Å². The van der Waals surface area contributed by atoms with Crippen LogP contribution < -0.4 is 21.3 Å². The zero-order chi connectivity index (χ0) is 16.6. The fourth-order valence-electron chi connectivity index (χ4n) is 1.60. The third-order valence-corrected chi connectivity index (χ3v) is 2.31. The highest BCUT2D eigenvalue weighted by Crippen LogP contribution is 2.38. The Hall–Kier alpha value is -3.91. The number of nitro groups is 1. The lowest BCUT2D eigenvalue weighted by atomic mass is 10.2. The van der Waals surface area contributed by atoms with E-state index in [-0.39, 0.29) is 21.3 Å². The summed E-state index contributed by atoms with van der Waals surface area (Å²) >= 11 is 0. The quantitative estimate of drug-likeness (QED) is 0.122. The molecule has 0 atom stereocenters. The molecular weight excluding hydrogens is 308 g/mol. The zero-order valence-corrected chi connectivity index (χ0v) is 10.3. The first kappa shape index (κ1) is 14.5. The van der Waals surface area contributed by atoms with Gasteiger partial charge in [-0.3, -0.25) is 24.8 Å². The van der Waals surface area contributed by atoms with E-state index in [1.165, 1.54) is 0 Å². The van der Waals surface area contributed by atoms with E-state index >= 15 is 0 Å². The predicted molar refractivity (Wildman–Crippen MR) is 63.9 cm³/mol. The monoisotopic (exact) mass is 314 g/mol. The summed E-state index contributed by atoms with van der Waals surface area (Å²) in [6.45, 7) is 0. The predicted octanol–water partition coefficient (Wildman–Crippen LogP) is -2.31. The second-order valence-corrected chi connectivity index (χ2v) is 3.66. The molecule has 0 amide bonds. The molecular formula is C7H6N8O7. The van der Waals surface area contributed by atoms with Gasteiger partial charge in [-0.15, -0.1) is 0 Å². The summed E-state index contributed by atoms with van der Waals surface area (Å²) in [5.41, 5.74) is 5.95. The van der Waals surface area contributed by atoms with Gasteiger partial charge in [-0.1, -0.05) is 0 Å². The maximum absolute atomic E-state index is 11.3. The fraction of sp³-hybridized carbons (Fsp3) is 0. The van der Waals surface area contributed by atoms with Gasteiger partial charge >= 0.3 is 16.7 Å². The number of fused-ring (bicyclic) bond motifs is 3. The number of hydrogen-bond donors (Lipinski definition) is 4. The van der Waals surface area contributed by atoms with Crippen molar-refractivity contribution in [2.75, 3.05) is 0 Å². The Morgan fingerprint density at radius 1 is 1.18 bits per heavy atom. The van der Waals surface area contributed by atoms with Crippen molar-refractivity contribution in [1.29, 1.82) is 5.41 Å². The minimum Gasteiger partial charge on any atom is -0.499 e. The topological polar surface area (TPSA) is 245 Å². The average molecular weight is 314 g/mol. The van der Waals surface area contributed by atoms with E-state index in [1.807, 2.05) is 0 Å². The number of aromatic nitrogens is 4. The molecule has 0 aliphatic carbocycles. The maximum Gasteiger partial charge on any atom is 0.373 e. The van der Waals surface area contributed by atoms with Crippen molar-refractivity contribution in [3.63, 3.8) is 0 Å². The lowest BCUT2D eigenvalue weighted by Gasteiger charge is -1.93. The van der Waals surface area contributed by atoms with Gasteiger partial charge in [0.25, 0.3) is 16.8 Å². The largest absolute Gasteiger partial charge is 0.499 e. The first-order chi connectivity index (χ1) is 10.3. The molecule has 2 heterocycles. The Kier molecular flexibility index (Phi) is 3.22. The highest BCUT2D eigenvalue weighted by Gasteiger charge is 2.38. The van der Waals surface area contributed by atoms with E-state index in [2.05, 4.69) is 31.0 Å². The molecule has 3 aromatic rings. The third-order valence-electron chi connectivity index (χ3n) is 2.31. The number of nitrogens with one attached hydrogen (secondary N) is 1.